The van der Waals surface area contributed by atoms with Gasteiger partial charge >= 0.3 is 0 Å². The number of aliphatic imine (C=N–C) groups is 1. The van der Waals surface area contributed by atoms with Gasteiger partial charge in [-0.25, -0.2) is 0 Å². The van der Waals surface area contributed by atoms with Crippen LogP contribution >= 0.6 is 24.0 Å². The minimum atomic E-state index is -0.600. The van der Waals surface area contributed by atoms with E-state index in [0.29, 0.717) is 18.5 Å². The number of nitrogens with one attached hydrogen (secondary N) is 1. The molecule has 0 spiro atoms. The van der Waals surface area contributed by atoms with Crippen LogP contribution < -0.4 is 11.1 Å². The summed E-state index contributed by atoms with van der Waals surface area (Å²) in [5, 5.41) is 13.6. The minimum Gasteiger partial charge on any atom is -0.388 e. The zero-order chi connectivity index (χ0) is 12.8. The molecule has 0 radical (unpaired) electrons. The summed E-state index contributed by atoms with van der Waals surface area (Å²) < 4.78 is 0. The quantitative estimate of drug-likeness (QED) is 0.400. The topological polar surface area (TPSA) is 70.6 Å². The minimum absolute atomic E-state index is 0. The van der Waals surface area contributed by atoms with Crippen molar-refractivity contribution in [3.8, 4) is 0 Å². The predicted molar refractivity (Wildman–Crippen MR) is 89.9 cm³/mol. The van der Waals surface area contributed by atoms with E-state index in [0.717, 1.165) is 25.7 Å². The number of hydrogen-bond donors (Lipinski definition) is 3. The molecule has 2 aliphatic carbocycles. The zero-order valence-electron chi connectivity index (χ0n) is 11.7. The Morgan fingerprint density at radius 3 is 2.32 bits per heavy atom. The fourth-order valence-corrected chi connectivity index (χ4v) is 3.10. The number of aliphatic hydroxyl groups is 1. The Kier molecular flexibility index (Phi) is 7.42. The molecule has 19 heavy (non-hydrogen) atoms. The van der Waals surface area contributed by atoms with Gasteiger partial charge in [0.05, 0.1) is 12.1 Å². The molecule has 2 rings (SSSR count). The molecule has 0 heterocycles. The largest absolute Gasteiger partial charge is 0.388 e. The van der Waals surface area contributed by atoms with Gasteiger partial charge in [-0.2, -0.15) is 0 Å². The van der Waals surface area contributed by atoms with Gasteiger partial charge < -0.3 is 16.2 Å². The Balaban J connectivity index is 0.00000180. The van der Waals surface area contributed by atoms with E-state index in [1.54, 1.807) is 0 Å². The van der Waals surface area contributed by atoms with Crippen LogP contribution in [0, 0.1) is 0 Å². The summed E-state index contributed by atoms with van der Waals surface area (Å²) in [5.41, 5.74) is 5.31. The molecule has 112 valence electrons. The third kappa shape index (κ3) is 5.85. The molecular weight excluding hydrogens is 353 g/mol. The Hall–Kier alpha value is -0.0400. The van der Waals surface area contributed by atoms with Gasteiger partial charge in [0.1, 0.15) is 0 Å². The molecule has 0 amide bonds. The molecule has 4 nitrogen and oxygen atoms in total. The van der Waals surface area contributed by atoms with Crippen molar-refractivity contribution in [2.24, 2.45) is 10.7 Å². The second-order valence-electron chi connectivity index (χ2n) is 5.97. The maximum Gasteiger partial charge on any atom is 0.188 e. The Labute approximate surface area is 133 Å². The highest BCUT2D eigenvalue weighted by Crippen LogP contribution is 2.28. The van der Waals surface area contributed by atoms with Crippen molar-refractivity contribution >= 4 is 29.9 Å². The van der Waals surface area contributed by atoms with Crippen molar-refractivity contribution < 1.29 is 5.11 Å². The fourth-order valence-electron chi connectivity index (χ4n) is 3.10. The number of halogens is 1. The number of guanidine groups is 1. The number of nitrogens with zero attached hydrogens (tertiary/aromatic N) is 1. The third-order valence-corrected chi connectivity index (χ3v) is 4.29. The second kappa shape index (κ2) is 8.29. The smallest absolute Gasteiger partial charge is 0.188 e. The summed E-state index contributed by atoms with van der Waals surface area (Å²) in [4.78, 5) is 4.35. The normalized spacial score (nSPS) is 24.6. The summed E-state index contributed by atoms with van der Waals surface area (Å²) in [7, 11) is 0. The van der Waals surface area contributed by atoms with Crippen molar-refractivity contribution in [2.45, 2.75) is 75.9 Å². The molecule has 0 bridgehead atoms. The number of hydrogen-bond acceptors (Lipinski definition) is 2. The average Bonchev–Trinajstić information content (AvgIpc) is 2.39. The molecule has 5 heteroatoms. The first-order valence-corrected chi connectivity index (χ1v) is 7.47. The third-order valence-electron chi connectivity index (χ3n) is 4.29. The molecule has 2 saturated carbocycles. The lowest BCUT2D eigenvalue weighted by molar-refractivity contribution is 0.0132. The molecule has 0 saturated heterocycles. The first-order chi connectivity index (χ1) is 8.68. The van der Waals surface area contributed by atoms with E-state index in [9.17, 15) is 5.11 Å². The van der Waals surface area contributed by atoms with Gasteiger partial charge in [0.15, 0.2) is 5.96 Å². The summed E-state index contributed by atoms with van der Waals surface area (Å²) in [6.45, 7) is 0.457. The van der Waals surface area contributed by atoms with Crippen molar-refractivity contribution in [1.82, 2.24) is 5.32 Å². The van der Waals surface area contributed by atoms with E-state index in [2.05, 4.69) is 10.3 Å². The summed E-state index contributed by atoms with van der Waals surface area (Å²) in [6.07, 6.45) is 11.5. The predicted octanol–water partition coefficient (Wildman–Crippen LogP) is 2.54. The van der Waals surface area contributed by atoms with Gasteiger partial charge in [0.25, 0.3) is 0 Å². The maximum absolute atomic E-state index is 10.3. The fraction of sp³-hybridized carbons (Fsp3) is 0.929. The standard InChI is InChI=1S/C14H27N3O.HI/c15-13(17-12-7-3-1-4-8-12)16-11-14(18)9-5-2-6-10-14;/h12,18H,1-11H2,(H3,15,16,17);1H. The van der Waals surface area contributed by atoms with Crippen LogP contribution in [0.1, 0.15) is 64.2 Å². The van der Waals surface area contributed by atoms with Gasteiger partial charge in [-0.1, -0.05) is 38.5 Å². The van der Waals surface area contributed by atoms with Crippen LogP contribution in [0.5, 0.6) is 0 Å². The summed E-state index contributed by atoms with van der Waals surface area (Å²) in [5.74, 6) is 0.515. The first kappa shape index (κ1) is 17.0. The van der Waals surface area contributed by atoms with Gasteiger partial charge in [-0.15, -0.1) is 24.0 Å². The van der Waals surface area contributed by atoms with E-state index < -0.39 is 5.60 Å². The summed E-state index contributed by atoms with van der Waals surface area (Å²) in [6, 6.07) is 0.489. The number of rotatable bonds is 3. The zero-order valence-corrected chi connectivity index (χ0v) is 14.1. The molecular formula is C14H28IN3O. The van der Waals surface area contributed by atoms with Gasteiger partial charge in [-0.05, 0) is 25.7 Å². The lowest BCUT2D eigenvalue weighted by Crippen LogP contribution is -2.43. The van der Waals surface area contributed by atoms with Crippen molar-refractivity contribution in [3.63, 3.8) is 0 Å². The van der Waals surface area contributed by atoms with E-state index in [-0.39, 0.29) is 24.0 Å². The first-order valence-electron chi connectivity index (χ1n) is 7.47. The highest BCUT2D eigenvalue weighted by atomic mass is 127. The highest BCUT2D eigenvalue weighted by Gasteiger charge is 2.28. The molecule has 0 aromatic carbocycles. The van der Waals surface area contributed by atoms with Crippen molar-refractivity contribution in [3.05, 3.63) is 0 Å². The van der Waals surface area contributed by atoms with Crippen LogP contribution in [0.15, 0.2) is 4.99 Å². The lowest BCUT2D eigenvalue weighted by Gasteiger charge is -2.30. The Morgan fingerprint density at radius 1 is 1.11 bits per heavy atom. The SMILES string of the molecule is I.NC(=NCC1(O)CCCCC1)NC1CCCCC1. The molecule has 0 aliphatic heterocycles. The molecule has 0 unspecified atom stereocenters. The molecule has 2 aliphatic rings. The molecule has 0 aromatic heterocycles. The highest BCUT2D eigenvalue weighted by molar-refractivity contribution is 14.0. The monoisotopic (exact) mass is 381 g/mol. The van der Waals surface area contributed by atoms with Crippen LogP contribution in [0.4, 0.5) is 0 Å². The lowest BCUT2D eigenvalue weighted by atomic mass is 9.85. The Morgan fingerprint density at radius 2 is 1.68 bits per heavy atom. The van der Waals surface area contributed by atoms with Crippen LogP contribution in [0.3, 0.4) is 0 Å². The molecule has 0 aromatic rings. The Bertz CT molecular complexity index is 284. The van der Waals surface area contributed by atoms with E-state index in [4.69, 9.17) is 5.73 Å². The van der Waals surface area contributed by atoms with E-state index in [1.807, 2.05) is 0 Å². The average molecular weight is 381 g/mol. The van der Waals surface area contributed by atoms with E-state index in [1.165, 1.54) is 38.5 Å². The number of nitrogens with two attached hydrogens (primary N) is 1. The maximum atomic E-state index is 10.3. The van der Waals surface area contributed by atoms with Crippen LogP contribution in [-0.2, 0) is 0 Å². The van der Waals surface area contributed by atoms with Crippen LogP contribution in [0.2, 0.25) is 0 Å². The van der Waals surface area contributed by atoms with Crippen LogP contribution in [-0.4, -0.2) is 29.3 Å². The molecule has 0 atom stereocenters. The van der Waals surface area contributed by atoms with Crippen LogP contribution in [0.25, 0.3) is 0 Å². The molecule has 4 N–H and O–H groups in total. The molecule has 2 fully saturated rings. The second-order valence-corrected chi connectivity index (χ2v) is 5.97. The van der Waals surface area contributed by atoms with Gasteiger partial charge in [0, 0.05) is 6.04 Å². The van der Waals surface area contributed by atoms with Crippen molar-refractivity contribution in [2.75, 3.05) is 6.54 Å². The van der Waals surface area contributed by atoms with Crippen molar-refractivity contribution in [1.29, 1.82) is 0 Å². The van der Waals surface area contributed by atoms with E-state index >= 15 is 0 Å². The summed E-state index contributed by atoms with van der Waals surface area (Å²) >= 11 is 0. The van der Waals surface area contributed by atoms with Gasteiger partial charge in [-0.3, -0.25) is 4.99 Å². The van der Waals surface area contributed by atoms with Gasteiger partial charge in [0.2, 0.25) is 0 Å².